The number of hydrogen-bond donors (Lipinski definition) is 1. The van der Waals surface area contributed by atoms with E-state index in [0.29, 0.717) is 11.3 Å². The number of carbonyl (C=O) groups is 1. The molecule has 86 valence electrons. The summed E-state index contributed by atoms with van der Waals surface area (Å²) in [7, 11) is 0. The van der Waals surface area contributed by atoms with E-state index in [1.807, 2.05) is 13.8 Å². The van der Waals surface area contributed by atoms with Crippen LogP contribution in [0.1, 0.15) is 19.4 Å². The summed E-state index contributed by atoms with van der Waals surface area (Å²) >= 11 is 0. The molecular weight excluding hydrogens is 211 g/mol. The van der Waals surface area contributed by atoms with Crippen LogP contribution in [0.25, 0.3) is 6.08 Å². The lowest BCUT2D eigenvalue weighted by atomic mass is 10.2. The highest BCUT2D eigenvalue weighted by atomic mass is 19.1. The minimum Gasteiger partial charge on any atom is -0.491 e. The van der Waals surface area contributed by atoms with E-state index in [2.05, 4.69) is 0 Å². The Morgan fingerprint density at radius 3 is 2.75 bits per heavy atom. The molecule has 0 fully saturated rings. The number of hydrogen-bond acceptors (Lipinski definition) is 2. The SMILES string of the molecule is CC(C)Oc1cccc(C=C(F)C(=O)O)c1. The Morgan fingerprint density at radius 1 is 1.50 bits per heavy atom. The molecule has 0 aliphatic rings. The van der Waals surface area contributed by atoms with Crippen molar-refractivity contribution in [1.82, 2.24) is 0 Å². The molecule has 0 radical (unpaired) electrons. The van der Waals surface area contributed by atoms with Gasteiger partial charge in [-0.3, -0.25) is 0 Å². The van der Waals surface area contributed by atoms with Gasteiger partial charge in [0.2, 0.25) is 5.83 Å². The van der Waals surface area contributed by atoms with Gasteiger partial charge in [-0.05, 0) is 37.6 Å². The zero-order valence-electron chi connectivity index (χ0n) is 9.11. The molecule has 16 heavy (non-hydrogen) atoms. The predicted octanol–water partition coefficient (Wildman–Crippen LogP) is 2.87. The molecule has 0 aliphatic carbocycles. The van der Waals surface area contributed by atoms with E-state index in [0.717, 1.165) is 6.08 Å². The fraction of sp³-hybridized carbons (Fsp3) is 0.250. The van der Waals surface area contributed by atoms with Crippen LogP contribution in [-0.2, 0) is 4.79 Å². The third kappa shape index (κ3) is 3.73. The van der Waals surface area contributed by atoms with E-state index in [1.54, 1.807) is 24.3 Å². The van der Waals surface area contributed by atoms with Gasteiger partial charge in [0.05, 0.1) is 6.10 Å². The van der Waals surface area contributed by atoms with Gasteiger partial charge in [-0.15, -0.1) is 0 Å². The summed E-state index contributed by atoms with van der Waals surface area (Å²) in [5, 5.41) is 8.38. The number of halogens is 1. The molecule has 0 aliphatic heterocycles. The summed E-state index contributed by atoms with van der Waals surface area (Å²) < 4.78 is 18.2. The molecule has 0 saturated carbocycles. The molecule has 0 heterocycles. The van der Waals surface area contributed by atoms with Gasteiger partial charge >= 0.3 is 5.97 Å². The van der Waals surface area contributed by atoms with Crippen molar-refractivity contribution >= 4 is 12.0 Å². The molecule has 1 rings (SSSR count). The molecule has 0 atom stereocenters. The molecule has 1 aromatic carbocycles. The predicted molar refractivity (Wildman–Crippen MR) is 58.9 cm³/mol. The van der Waals surface area contributed by atoms with E-state index in [9.17, 15) is 9.18 Å². The van der Waals surface area contributed by atoms with Gasteiger partial charge in [0.15, 0.2) is 0 Å². The Morgan fingerprint density at radius 2 is 2.19 bits per heavy atom. The highest BCUT2D eigenvalue weighted by Crippen LogP contribution is 2.17. The largest absolute Gasteiger partial charge is 0.491 e. The Kier molecular flexibility index (Phi) is 4.05. The molecule has 1 aromatic rings. The maximum absolute atomic E-state index is 12.8. The van der Waals surface area contributed by atoms with Crippen LogP contribution in [0, 0.1) is 0 Å². The van der Waals surface area contributed by atoms with Crippen molar-refractivity contribution in [3.63, 3.8) is 0 Å². The van der Waals surface area contributed by atoms with Crippen molar-refractivity contribution in [2.75, 3.05) is 0 Å². The lowest BCUT2D eigenvalue weighted by molar-refractivity contribution is -0.134. The highest BCUT2D eigenvalue weighted by molar-refractivity contribution is 5.89. The van der Waals surface area contributed by atoms with Crippen molar-refractivity contribution in [2.45, 2.75) is 20.0 Å². The standard InChI is InChI=1S/C12H13FO3/c1-8(2)16-10-5-3-4-9(6-10)7-11(13)12(14)15/h3-8H,1-2H3,(H,14,15). The van der Waals surface area contributed by atoms with E-state index in [-0.39, 0.29) is 6.10 Å². The molecule has 4 heteroatoms. The fourth-order valence-electron chi connectivity index (χ4n) is 1.16. The number of carboxylic acid groups (broad SMARTS) is 1. The van der Waals surface area contributed by atoms with E-state index >= 15 is 0 Å². The van der Waals surface area contributed by atoms with Gasteiger partial charge in [-0.1, -0.05) is 12.1 Å². The average molecular weight is 224 g/mol. The number of rotatable bonds is 4. The summed E-state index contributed by atoms with van der Waals surface area (Å²) in [5.74, 6) is -2.18. The van der Waals surface area contributed by atoms with Crippen LogP contribution < -0.4 is 4.74 Å². The summed E-state index contributed by atoms with van der Waals surface area (Å²) in [6, 6.07) is 6.60. The van der Waals surface area contributed by atoms with Crippen LogP contribution >= 0.6 is 0 Å². The summed E-state index contributed by atoms with van der Waals surface area (Å²) in [6.07, 6.45) is 0.971. The van der Waals surface area contributed by atoms with Crippen molar-refractivity contribution in [3.8, 4) is 5.75 Å². The first-order chi connectivity index (χ1) is 7.49. The average Bonchev–Trinajstić information content (AvgIpc) is 2.16. The fourth-order valence-corrected chi connectivity index (χ4v) is 1.16. The minimum atomic E-state index is -1.57. The van der Waals surface area contributed by atoms with Crippen LogP contribution in [0.4, 0.5) is 4.39 Å². The molecular formula is C12H13FO3. The van der Waals surface area contributed by atoms with E-state index in [4.69, 9.17) is 9.84 Å². The van der Waals surface area contributed by atoms with Crippen molar-refractivity contribution in [1.29, 1.82) is 0 Å². The van der Waals surface area contributed by atoms with Gasteiger partial charge in [0.1, 0.15) is 5.75 Å². The van der Waals surface area contributed by atoms with Crippen LogP contribution in [-0.4, -0.2) is 17.2 Å². The normalized spacial score (nSPS) is 11.6. The smallest absolute Gasteiger partial charge is 0.364 e. The third-order valence-electron chi connectivity index (χ3n) is 1.73. The summed E-state index contributed by atoms with van der Waals surface area (Å²) in [6.45, 7) is 3.75. The third-order valence-corrected chi connectivity index (χ3v) is 1.73. The Bertz CT molecular complexity index is 410. The Labute approximate surface area is 93.2 Å². The second kappa shape index (κ2) is 5.30. The maximum Gasteiger partial charge on any atom is 0.364 e. The minimum absolute atomic E-state index is 0.0172. The molecule has 1 N–H and O–H groups in total. The van der Waals surface area contributed by atoms with Gasteiger partial charge < -0.3 is 9.84 Å². The molecule has 0 bridgehead atoms. The number of benzene rings is 1. The molecule has 0 unspecified atom stereocenters. The lowest BCUT2D eigenvalue weighted by Gasteiger charge is -2.09. The zero-order valence-corrected chi connectivity index (χ0v) is 9.11. The van der Waals surface area contributed by atoms with Gasteiger partial charge in [-0.2, -0.15) is 4.39 Å². The molecule has 3 nitrogen and oxygen atoms in total. The second-order valence-electron chi connectivity index (χ2n) is 3.54. The monoisotopic (exact) mass is 224 g/mol. The maximum atomic E-state index is 12.8. The first-order valence-electron chi connectivity index (χ1n) is 4.86. The van der Waals surface area contributed by atoms with Gasteiger partial charge in [-0.25, -0.2) is 4.79 Å². The van der Waals surface area contributed by atoms with E-state index < -0.39 is 11.8 Å². The number of aliphatic carboxylic acids is 1. The lowest BCUT2D eigenvalue weighted by Crippen LogP contribution is -2.05. The number of carboxylic acids is 1. The molecule has 0 spiro atoms. The Balaban J connectivity index is 2.90. The first kappa shape index (κ1) is 12.2. The van der Waals surface area contributed by atoms with Crippen molar-refractivity contribution in [2.24, 2.45) is 0 Å². The summed E-state index contributed by atoms with van der Waals surface area (Å²) in [5.41, 5.74) is 0.457. The quantitative estimate of drug-likeness (QED) is 0.800. The molecule has 0 saturated heterocycles. The van der Waals surface area contributed by atoms with Crippen LogP contribution in [0.2, 0.25) is 0 Å². The van der Waals surface area contributed by atoms with Gasteiger partial charge in [0, 0.05) is 0 Å². The zero-order chi connectivity index (χ0) is 12.1. The summed E-state index contributed by atoms with van der Waals surface area (Å²) in [4.78, 5) is 10.3. The van der Waals surface area contributed by atoms with E-state index in [1.165, 1.54) is 0 Å². The highest BCUT2D eigenvalue weighted by Gasteiger charge is 2.05. The second-order valence-corrected chi connectivity index (χ2v) is 3.54. The van der Waals surface area contributed by atoms with Crippen LogP contribution in [0.3, 0.4) is 0 Å². The first-order valence-corrected chi connectivity index (χ1v) is 4.86. The van der Waals surface area contributed by atoms with Gasteiger partial charge in [0.25, 0.3) is 0 Å². The molecule has 0 amide bonds. The van der Waals surface area contributed by atoms with Crippen LogP contribution in [0.15, 0.2) is 30.1 Å². The van der Waals surface area contributed by atoms with Crippen LogP contribution in [0.5, 0.6) is 5.75 Å². The topological polar surface area (TPSA) is 46.5 Å². The molecule has 0 aromatic heterocycles. The Hall–Kier alpha value is -1.84. The number of ether oxygens (including phenoxy) is 1. The van der Waals surface area contributed by atoms with Crippen molar-refractivity contribution in [3.05, 3.63) is 35.7 Å². The van der Waals surface area contributed by atoms with Crippen molar-refractivity contribution < 1.29 is 19.0 Å².